The lowest BCUT2D eigenvalue weighted by atomic mass is 9.39. The summed E-state index contributed by atoms with van der Waals surface area (Å²) in [4.78, 5) is 24.9. The van der Waals surface area contributed by atoms with Crippen molar-refractivity contribution < 1.29 is 18.7 Å². The number of carbonyl (C=O) groups excluding carboxylic acids is 2. The monoisotopic (exact) mass is 444 g/mol. The predicted molar refractivity (Wildman–Crippen MR) is 112 cm³/mol. The second kappa shape index (κ2) is 8.88. The number of alkyl halides is 2. The van der Waals surface area contributed by atoms with Gasteiger partial charge in [0.2, 0.25) is 11.8 Å². The van der Waals surface area contributed by atoms with Crippen LogP contribution in [0.1, 0.15) is 58.3 Å². The molecule has 2 amide bonds. The van der Waals surface area contributed by atoms with Crippen molar-refractivity contribution in [3.8, 4) is 0 Å². The molecule has 0 aromatic carbocycles. The minimum Gasteiger partial charge on any atom is -0.368 e. The molecule has 30 heavy (non-hydrogen) atoms. The van der Waals surface area contributed by atoms with Gasteiger partial charge in [0.25, 0.3) is 0 Å². The molecule has 5 atom stereocenters. The van der Waals surface area contributed by atoms with Crippen LogP contribution in [0.3, 0.4) is 0 Å². The Morgan fingerprint density at radius 3 is 2.70 bits per heavy atom. The van der Waals surface area contributed by atoms with Gasteiger partial charge in [-0.25, -0.2) is 4.39 Å². The molecule has 1 heterocycles. The van der Waals surface area contributed by atoms with Crippen molar-refractivity contribution in [1.29, 1.82) is 0 Å². The highest BCUT2D eigenvalue weighted by molar-refractivity contribution is 6.21. The molecular weight excluding hydrogens is 411 g/mol. The van der Waals surface area contributed by atoms with Gasteiger partial charge < -0.3 is 20.7 Å². The minimum atomic E-state index is -1.07. The van der Waals surface area contributed by atoms with E-state index in [-0.39, 0.29) is 41.9 Å². The third-order valence-electron chi connectivity index (χ3n) is 7.25. The topological polar surface area (TPSA) is 91.5 Å². The average molecular weight is 445 g/mol. The molecule has 5 unspecified atom stereocenters. The number of hydrogen-bond donors (Lipinski definition) is 4. The van der Waals surface area contributed by atoms with Gasteiger partial charge >= 0.3 is 0 Å². The number of carbonyl (C=O) groups is 2. The highest BCUT2D eigenvalue weighted by atomic mass is 35.5. The van der Waals surface area contributed by atoms with Gasteiger partial charge in [-0.3, -0.25) is 14.9 Å². The van der Waals surface area contributed by atoms with Crippen molar-refractivity contribution in [2.24, 2.45) is 5.41 Å². The first kappa shape index (κ1) is 22.2. The molecule has 4 N–H and O–H groups in total. The summed E-state index contributed by atoms with van der Waals surface area (Å²) in [5.41, 5.74) is -0.570. The largest absolute Gasteiger partial charge is 0.368 e. The van der Waals surface area contributed by atoms with Gasteiger partial charge in [-0.15, -0.1) is 11.6 Å². The van der Waals surface area contributed by atoms with E-state index in [9.17, 15) is 14.0 Å². The first-order valence-electron chi connectivity index (χ1n) is 11.3. The summed E-state index contributed by atoms with van der Waals surface area (Å²) in [5, 5.41) is 12.6. The quantitative estimate of drug-likeness (QED) is 0.424. The summed E-state index contributed by atoms with van der Waals surface area (Å²) in [6.07, 6.45) is 4.60. The summed E-state index contributed by atoms with van der Waals surface area (Å²) in [6, 6.07) is 0.302. The van der Waals surface area contributed by atoms with Crippen LogP contribution in [0.5, 0.6) is 0 Å². The maximum absolute atomic E-state index is 13.7. The summed E-state index contributed by atoms with van der Waals surface area (Å²) in [6.45, 7) is 3.68. The minimum absolute atomic E-state index is 0.0642. The summed E-state index contributed by atoms with van der Waals surface area (Å²) >= 11 is 5.88. The smallest absolute Gasteiger partial charge is 0.246 e. The zero-order chi connectivity index (χ0) is 21.4. The van der Waals surface area contributed by atoms with E-state index < -0.39 is 11.5 Å². The van der Waals surface area contributed by atoms with Crippen LogP contribution in [0.4, 0.5) is 4.39 Å². The van der Waals surface area contributed by atoms with Crippen molar-refractivity contribution in [1.82, 2.24) is 21.3 Å². The molecule has 0 aromatic rings. The van der Waals surface area contributed by atoms with Gasteiger partial charge in [0.1, 0.15) is 12.8 Å². The molecule has 0 spiro atoms. The normalized spacial score (nSPS) is 42.6. The molecule has 0 aromatic heterocycles. The molecular formula is C21H34ClFN4O3. The number of rotatable bonds is 8. The Kier molecular flexibility index (Phi) is 6.59. The van der Waals surface area contributed by atoms with Crippen molar-refractivity contribution in [2.75, 3.05) is 19.7 Å². The predicted octanol–water partition coefficient (Wildman–Crippen LogP) is 1.34. The van der Waals surface area contributed by atoms with Crippen LogP contribution < -0.4 is 21.3 Å². The van der Waals surface area contributed by atoms with Crippen LogP contribution in [0, 0.1) is 5.41 Å². The van der Waals surface area contributed by atoms with Crippen molar-refractivity contribution in [2.45, 2.75) is 93.7 Å². The molecule has 2 bridgehead atoms. The molecule has 170 valence electrons. The first-order chi connectivity index (χ1) is 14.3. The third kappa shape index (κ3) is 4.61. The number of amides is 2. The first-order valence-corrected chi connectivity index (χ1v) is 11.8. The SMILES string of the molecule is CCC1NCCC(CNC(=O)C23CC(NC(=O)COC4CCC(Cl)C(F)C4)(C2)C3)N1. The maximum Gasteiger partial charge on any atom is 0.246 e. The molecule has 5 aliphatic rings. The number of hydrogen-bond acceptors (Lipinski definition) is 5. The Labute approximate surface area is 182 Å². The van der Waals surface area contributed by atoms with E-state index >= 15 is 0 Å². The fraction of sp³-hybridized carbons (Fsp3) is 0.905. The van der Waals surface area contributed by atoms with Gasteiger partial charge in [-0.05, 0) is 51.5 Å². The van der Waals surface area contributed by atoms with E-state index in [0.29, 0.717) is 50.9 Å². The Morgan fingerprint density at radius 2 is 2.00 bits per heavy atom. The van der Waals surface area contributed by atoms with Gasteiger partial charge in [0.15, 0.2) is 0 Å². The van der Waals surface area contributed by atoms with Crippen molar-refractivity contribution >= 4 is 23.4 Å². The lowest BCUT2D eigenvalue weighted by Crippen LogP contribution is -2.78. The molecule has 4 saturated carbocycles. The van der Waals surface area contributed by atoms with E-state index in [0.717, 1.165) is 19.4 Å². The fourth-order valence-electron chi connectivity index (χ4n) is 5.57. The number of halogens is 2. The summed E-state index contributed by atoms with van der Waals surface area (Å²) in [5.74, 6) is -0.0771. The van der Waals surface area contributed by atoms with Crippen LogP contribution in [-0.4, -0.2) is 66.9 Å². The van der Waals surface area contributed by atoms with E-state index in [1.165, 1.54) is 0 Å². The molecule has 5 rings (SSSR count). The third-order valence-corrected chi connectivity index (χ3v) is 7.74. The highest BCUT2D eigenvalue weighted by Gasteiger charge is 2.72. The van der Waals surface area contributed by atoms with Crippen molar-refractivity contribution in [3.63, 3.8) is 0 Å². The number of ether oxygens (including phenoxy) is 1. The summed E-state index contributed by atoms with van der Waals surface area (Å²) < 4.78 is 19.3. The fourth-order valence-corrected chi connectivity index (χ4v) is 5.79. The van der Waals surface area contributed by atoms with E-state index in [1.54, 1.807) is 0 Å². The van der Waals surface area contributed by atoms with Crippen molar-refractivity contribution in [3.05, 3.63) is 0 Å². The van der Waals surface area contributed by atoms with Crippen LogP contribution in [0.25, 0.3) is 0 Å². The second-order valence-electron chi connectivity index (χ2n) is 9.69. The van der Waals surface area contributed by atoms with Gasteiger partial charge in [-0.2, -0.15) is 0 Å². The van der Waals surface area contributed by atoms with Gasteiger partial charge in [0, 0.05) is 24.5 Å². The lowest BCUT2D eigenvalue weighted by Gasteiger charge is -2.69. The second-order valence-corrected chi connectivity index (χ2v) is 10.3. The van der Waals surface area contributed by atoms with E-state index in [4.69, 9.17) is 16.3 Å². The molecule has 1 saturated heterocycles. The Morgan fingerprint density at radius 1 is 1.23 bits per heavy atom. The van der Waals surface area contributed by atoms with Crippen LogP contribution >= 0.6 is 11.6 Å². The number of nitrogens with one attached hydrogen (secondary N) is 4. The Hall–Kier alpha value is -0.960. The average Bonchev–Trinajstić information content (AvgIpc) is 2.68. The molecule has 9 heteroatoms. The van der Waals surface area contributed by atoms with Gasteiger partial charge in [-0.1, -0.05) is 6.92 Å². The Bertz CT molecular complexity index is 646. The Balaban J connectivity index is 1.13. The molecule has 0 radical (unpaired) electrons. The zero-order valence-electron chi connectivity index (χ0n) is 17.6. The van der Waals surface area contributed by atoms with Crippen LogP contribution in [0.2, 0.25) is 0 Å². The van der Waals surface area contributed by atoms with Crippen LogP contribution in [0.15, 0.2) is 0 Å². The molecule has 1 aliphatic heterocycles. The zero-order valence-corrected chi connectivity index (χ0v) is 18.4. The highest BCUT2D eigenvalue weighted by Crippen LogP contribution is 2.67. The maximum atomic E-state index is 13.7. The standard InChI is InChI=1S/C21H34ClFN4O3/c1-2-17-24-6-5-13(26-17)8-25-19(29)20-10-21(11-20,12-20)27-18(28)9-30-14-3-4-15(22)16(23)7-14/h13-17,24,26H,2-12H2,1H3,(H,25,29)(H,27,28). The lowest BCUT2D eigenvalue weighted by molar-refractivity contribution is -0.184. The molecule has 4 aliphatic carbocycles. The van der Waals surface area contributed by atoms with Gasteiger partial charge in [0.05, 0.1) is 23.1 Å². The molecule has 7 nitrogen and oxygen atoms in total. The summed E-state index contributed by atoms with van der Waals surface area (Å²) in [7, 11) is 0. The van der Waals surface area contributed by atoms with E-state index in [1.807, 2.05) is 0 Å². The van der Waals surface area contributed by atoms with E-state index in [2.05, 4.69) is 28.2 Å². The van der Waals surface area contributed by atoms with Crippen LogP contribution in [-0.2, 0) is 14.3 Å². The molecule has 5 fully saturated rings.